The first kappa shape index (κ1) is 26.9. The number of hydrogen-bond acceptors (Lipinski definition) is 7. The Labute approximate surface area is 216 Å². The third-order valence-electron chi connectivity index (χ3n) is 5.29. The highest BCUT2D eigenvalue weighted by Gasteiger charge is 2.19. The Morgan fingerprint density at radius 3 is 2.57 bits per heavy atom. The van der Waals surface area contributed by atoms with Crippen LogP contribution in [0.25, 0.3) is 10.4 Å². The number of aryl methyl sites for hydroxylation is 1. The molecule has 0 amide bonds. The largest absolute Gasteiger partial charge is 0.495 e. The molecule has 35 heavy (non-hydrogen) atoms. The fourth-order valence-corrected chi connectivity index (χ4v) is 5.87. The maximum Gasteiger partial charge on any atom is 0.300 e. The number of pyridine rings is 1. The average molecular weight is 537 g/mol. The highest BCUT2D eigenvalue weighted by molar-refractivity contribution is 7.86. The molecule has 4 rings (SSSR count). The quantitative estimate of drug-likeness (QED) is 0.310. The molecule has 1 aromatic carbocycles. The van der Waals surface area contributed by atoms with Crippen molar-refractivity contribution >= 4 is 50.7 Å². The Bertz CT molecular complexity index is 1160. The molecule has 1 atom stereocenters. The first-order valence-electron chi connectivity index (χ1n) is 11.2. The van der Waals surface area contributed by atoms with Crippen molar-refractivity contribution in [1.29, 1.82) is 0 Å². The minimum absolute atomic E-state index is 0.384. The van der Waals surface area contributed by atoms with Crippen LogP contribution < -0.4 is 14.8 Å². The summed E-state index contributed by atoms with van der Waals surface area (Å²) in [6, 6.07) is 9.61. The zero-order chi connectivity index (χ0) is 25.4. The van der Waals surface area contributed by atoms with Gasteiger partial charge in [0.25, 0.3) is 5.97 Å². The van der Waals surface area contributed by atoms with Gasteiger partial charge in [0.15, 0.2) is 16.1 Å². The van der Waals surface area contributed by atoms with Crippen molar-refractivity contribution in [2.45, 2.75) is 56.9 Å². The molecule has 0 radical (unpaired) electrons. The topological polar surface area (TPSA) is 113 Å². The molecule has 8 nitrogen and oxygen atoms in total. The molecule has 0 bridgehead atoms. The molecule has 0 aliphatic heterocycles. The van der Waals surface area contributed by atoms with E-state index < -0.39 is 17.0 Å². The summed E-state index contributed by atoms with van der Waals surface area (Å²) in [6.45, 7) is 3.09. The number of rotatable bonds is 7. The molecule has 1 saturated carbocycles. The lowest BCUT2D eigenvalue weighted by atomic mass is 9.96. The lowest BCUT2D eigenvalue weighted by molar-refractivity contribution is -0.134. The number of hydrogen-bond donors (Lipinski definition) is 3. The number of thiazole rings is 1. The van der Waals surface area contributed by atoms with Crippen LogP contribution in [0.4, 0.5) is 10.8 Å². The predicted octanol–water partition coefficient (Wildman–Crippen LogP) is 6.15. The summed E-state index contributed by atoms with van der Waals surface area (Å²) < 4.78 is 21.5. The normalized spacial score (nSPS) is 14.4. The van der Waals surface area contributed by atoms with Crippen LogP contribution in [0, 0.1) is 6.92 Å². The Morgan fingerprint density at radius 1 is 1.23 bits per heavy atom. The van der Waals surface area contributed by atoms with Crippen LogP contribution in [-0.2, 0) is 15.8 Å². The molecule has 2 aromatic heterocycles. The average Bonchev–Trinajstić information content (AvgIpc) is 3.20. The zero-order valence-corrected chi connectivity index (χ0v) is 22.2. The minimum atomic E-state index is -1.53. The van der Waals surface area contributed by atoms with E-state index >= 15 is 0 Å². The number of carboxylic acids is 1. The van der Waals surface area contributed by atoms with Crippen LogP contribution in [0.5, 0.6) is 5.75 Å². The molecular weight excluding hydrogens is 508 g/mol. The molecule has 1 unspecified atom stereocenters. The molecule has 3 aromatic rings. The molecule has 3 N–H and O–H groups in total. The fraction of sp³-hybridized carbons (Fsp3) is 0.375. The lowest BCUT2D eigenvalue weighted by Gasteiger charge is -2.22. The summed E-state index contributed by atoms with van der Waals surface area (Å²) in [6.07, 6.45) is 7.83. The molecule has 2 heterocycles. The Morgan fingerprint density at radius 2 is 1.94 bits per heavy atom. The third-order valence-corrected chi connectivity index (χ3v) is 7.79. The Kier molecular flexibility index (Phi) is 9.88. The van der Waals surface area contributed by atoms with Gasteiger partial charge in [-0.15, -0.1) is 0 Å². The summed E-state index contributed by atoms with van der Waals surface area (Å²) in [5.74, 6) is -0.278. The number of aromatic nitrogens is 2. The van der Waals surface area contributed by atoms with Crippen molar-refractivity contribution in [3.63, 3.8) is 0 Å². The van der Waals surface area contributed by atoms with Crippen molar-refractivity contribution < 1.29 is 18.8 Å². The van der Waals surface area contributed by atoms with Gasteiger partial charge in [0.05, 0.1) is 29.6 Å². The minimum Gasteiger partial charge on any atom is -0.495 e. The predicted molar refractivity (Wildman–Crippen MR) is 142 cm³/mol. The smallest absolute Gasteiger partial charge is 0.300 e. The number of aliphatic carboxylic acids is 1. The van der Waals surface area contributed by atoms with E-state index in [1.807, 2.05) is 25.1 Å². The van der Waals surface area contributed by atoms with Gasteiger partial charge in [0.2, 0.25) is 0 Å². The number of carbonyl (C=O) groups is 1. The number of anilines is 2. The Hall–Kier alpha value is -2.69. The van der Waals surface area contributed by atoms with E-state index in [-0.39, 0.29) is 0 Å². The van der Waals surface area contributed by atoms with E-state index in [0.29, 0.717) is 27.5 Å². The van der Waals surface area contributed by atoms with Crippen LogP contribution in [0.2, 0.25) is 5.15 Å². The second-order valence-electron chi connectivity index (χ2n) is 8.04. The number of ether oxygens (including phenoxy) is 1. The zero-order valence-electron chi connectivity index (χ0n) is 19.8. The van der Waals surface area contributed by atoms with Crippen molar-refractivity contribution in [1.82, 2.24) is 9.97 Å². The maximum atomic E-state index is 13.0. The summed E-state index contributed by atoms with van der Waals surface area (Å²) in [7, 11) is 0.0417. The first-order valence-corrected chi connectivity index (χ1v) is 13.5. The summed E-state index contributed by atoms with van der Waals surface area (Å²) in [4.78, 5) is 19.4. The number of nitrogens with one attached hydrogen (secondary N) is 2. The highest BCUT2D eigenvalue weighted by Crippen LogP contribution is 2.37. The van der Waals surface area contributed by atoms with Crippen LogP contribution >= 0.6 is 22.9 Å². The number of benzene rings is 1. The van der Waals surface area contributed by atoms with Gasteiger partial charge in [-0.3, -0.25) is 9.52 Å². The molecular formula is C24H29ClN4O4S2. The lowest BCUT2D eigenvalue weighted by Crippen LogP contribution is -2.21. The molecule has 1 aliphatic carbocycles. The highest BCUT2D eigenvalue weighted by atomic mass is 35.5. The third kappa shape index (κ3) is 7.91. The maximum absolute atomic E-state index is 13.0. The number of methoxy groups -OCH3 is 1. The van der Waals surface area contributed by atoms with Crippen LogP contribution in [0.15, 0.2) is 41.4 Å². The monoisotopic (exact) mass is 536 g/mol. The van der Waals surface area contributed by atoms with E-state index in [1.54, 1.807) is 36.8 Å². The van der Waals surface area contributed by atoms with Gasteiger partial charge in [-0.05, 0) is 55.7 Å². The van der Waals surface area contributed by atoms with Crippen LogP contribution in [-0.4, -0.2) is 38.4 Å². The molecule has 188 valence electrons. The van der Waals surface area contributed by atoms with Crippen molar-refractivity contribution in [3.05, 3.63) is 47.4 Å². The van der Waals surface area contributed by atoms with Gasteiger partial charge in [-0.1, -0.05) is 42.2 Å². The molecule has 1 fully saturated rings. The van der Waals surface area contributed by atoms with E-state index in [4.69, 9.17) is 31.2 Å². The van der Waals surface area contributed by atoms with Crippen LogP contribution in [0.3, 0.4) is 0 Å². The van der Waals surface area contributed by atoms with Gasteiger partial charge in [-0.2, -0.15) is 0 Å². The van der Waals surface area contributed by atoms with Crippen molar-refractivity contribution in [2.75, 3.05) is 17.1 Å². The molecule has 11 heteroatoms. The van der Waals surface area contributed by atoms with E-state index in [0.717, 1.165) is 28.2 Å². The van der Waals surface area contributed by atoms with Gasteiger partial charge in [0.1, 0.15) is 15.8 Å². The van der Waals surface area contributed by atoms with E-state index in [1.165, 1.54) is 32.1 Å². The van der Waals surface area contributed by atoms with Crippen LogP contribution in [0.1, 0.15) is 44.7 Å². The second-order valence-corrected chi connectivity index (χ2v) is 10.6. The number of carboxylic acid groups (broad SMARTS) is 1. The van der Waals surface area contributed by atoms with Gasteiger partial charge in [-0.25, -0.2) is 14.2 Å². The molecule has 0 spiro atoms. The first-order chi connectivity index (χ1) is 16.8. The summed E-state index contributed by atoms with van der Waals surface area (Å²) >= 11 is 7.47. The molecule has 1 aliphatic rings. The summed E-state index contributed by atoms with van der Waals surface area (Å²) in [5, 5.41) is 12.3. The SMILES string of the molecule is CC(=O)O.COc1ccc(-c2sc(NC3CCCCC3)nc2C)cc1S(=O)Nc1ccc(Cl)nc1. The fourth-order valence-electron chi connectivity index (χ4n) is 3.71. The number of nitrogens with zero attached hydrogens (tertiary/aromatic N) is 2. The van der Waals surface area contributed by atoms with E-state index in [2.05, 4.69) is 15.0 Å². The standard InChI is InChI=1S/C22H25ClN4O2S2.C2H4O2/c1-14-21(30-22(25-14)26-16-6-4-3-5-7-16)15-8-10-18(29-2)19(12-15)31(28)27-17-9-11-20(23)24-13-17;1-2(3)4/h8-13,16,27H,3-7H2,1-2H3,(H,25,26);1H3,(H,3,4). The van der Waals surface area contributed by atoms with Crippen molar-refractivity contribution in [3.8, 4) is 16.2 Å². The van der Waals surface area contributed by atoms with Crippen molar-refractivity contribution in [2.24, 2.45) is 0 Å². The summed E-state index contributed by atoms with van der Waals surface area (Å²) in [5.41, 5.74) is 2.54. The number of halogens is 1. The van der Waals surface area contributed by atoms with Gasteiger partial charge in [0, 0.05) is 13.0 Å². The van der Waals surface area contributed by atoms with E-state index in [9.17, 15) is 4.21 Å². The van der Waals surface area contributed by atoms with Gasteiger partial charge < -0.3 is 15.2 Å². The molecule has 0 saturated heterocycles. The second kappa shape index (κ2) is 12.9. The van der Waals surface area contributed by atoms with Gasteiger partial charge >= 0.3 is 0 Å². The Balaban J connectivity index is 0.000000795.